The van der Waals surface area contributed by atoms with Gasteiger partial charge in [0.05, 0.1) is 19.9 Å². The van der Waals surface area contributed by atoms with E-state index in [1.807, 2.05) is 0 Å². The molecule has 2 aromatic carbocycles. The number of anilines is 1. The van der Waals surface area contributed by atoms with Gasteiger partial charge in [-0.2, -0.15) is 0 Å². The SMILES string of the molecule is COc1cc2c(cc1OC)N(C(=O)O)C(C)CC2CNC(=O)c1c(F)c(F)c(F)c(F)c1F. The summed E-state index contributed by atoms with van der Waals surface area (Å²) >= 11 is 0. The molecule has 0 saturated carbocycles. The van der Waals surface area contributed by atoms with Crippen molar-refractivity contribution in [2.24, 2.45) is 0 Å². The number of hydrogen-bond donors (Lipinski definition) is 2. The third-order valence-electron chi connectivity index (χ3n) is 5.45. The zero-order valence-corrected chi connectivity index (χ0v) is 17.6. The fourth-order valence-corrected chi connectivity index (χ4v) is 3.89. The number of rotatable bonds is 5. The van der Waals surface area contributed by atoms with Gasteiger partial charge in [0, 0.05) is 24.6 Å². The Morgan fingerprint density at radius 3 is 2.03 bits per heavy atom. The second-order valence-electron chi connectivity index (χ2n) is 7.36. The number of amides is 2. The van der Waals surface area contributed by atoms with Crippen LogP contribution in [0.1, 0.15) is 35.2 Å². The molecule has 0 aliphatic carbocycles. The highest BCUT2D eigenvalue weighted by Gasteiger charge is 2.36. The van der Waals surface area contributed by atoms with Crippen LogP contribution in [-0.4, -0.2) is 43.9 Å². The average Bonchev–Trinajstić information content (AvgIpc) is 2.78. The van der Waals surface area contributed by atoms with E-state index >= 15 is 0 Å². The van der Waals surface area contributed by atoms with Crippen LogP contribution in [0.25, 0.3) is 0 Å². The Morgan fingerprint density at radius 2 is 1.52 bits per heavy atom. The fourth-order valence-electron chi connectivity index (χ4n) is 3.89. The molecule has 33 heavy (non-hydrogen) atoms. The molecule has 0 spiro atoms. The largest absolute Gasteiger partial charge is 0.493 e. The highest BCUT2D eigenvalue weighted by molar-refractivity contribution is 5.95. The van der Waals surface area contributed by atoms with Gasteiger partial charge in [0.15, 0.2) is 34.8 Å². The van der Waals surface area contributed by atoms with Gasteiger partial charge in [0.25, 0.3) is 5.91 Å². The van der Waals surface area contributed by atoms with E-state index in [0.717, 1.165) is 4.90 Å². The Labute approximate surface area is 184 Å². The maximum Gasteiger partial charge on any atom is 0.412 e. The number of benzene rings is 2. The quantitative estimate of drug-likeness (QED) is 0.386. The maximum atomic E-state index is 14.0. The second kappa shape index (κ2) is 9.12. The Morgan fingerprint density at radius 1 is 1.00 bits per heavy atom. The standard InChI is InChI=1S/C21H19F5N2O5/c1-8-4-9(7-27-20(29)14-15(22)17(24)19(26)18(25)16(14)23)10-5-12(32-2)13(33-3)6-11(10)28(8)21(30)31/h5-6,8-9H,4,7H2,1-3H3,(H,27,29)(H,30,31). The number of halogens is 5. The summed E-state index contributed by atoms with van der Waals surface area (Å²) in [5.74, 6) is -12.9. The van der Waals surface area contributed by atoms with Crippen molar-refractivity contribution in [1.82, 2.24) is 5.32 Å². The number of carbonyl (C=O) groups is 2. The average molecular weight is 474 g/mol. The molecule has 7 nitrogen and oxygen atoms in total. The zero-order chi connectivity index (χ0) is 24.6. The molecule has 2 aromatic rings. The predicted molar refractivity (Wildman–Crippen MR) is 105 cm³/mol. The summed E-state index contributed by atoms with van der Waals surface area (Å²) in [7, 11) is 2.73. The van der Waals surface area contributed by atoms with Crippen LogP contribution in [-0.2, 0) is 0 Å². The van der Waals surface area contributed by atoms with Gasteiger partial charge in [-0.25, -0.2) is 26.7 Å². The van der Waals surface area contributed by atoms with E-state index in [1.165, 1.54) is 26.4 Å². The number of hydrogen-bond acceptors (Lipinski definition) is 4. The topological polar surface area (TPSA) is 88.1 Å². The van der Waals surface area contributed by atoms with E-state index in [-0.39, 0.29) is 30.2 Å². The molecule has 2 atom stereocenters. The van der Waals surface area contributed by atoms with E-state index in [1.54, 1.807) is 6.92 Å². The van der Waals surface area contributed by atoms with Crippen molar-refractivity contribution in [3.05, 3.63) is 52.3 Å². The van der Waals surface area contributed by atoms with E-state index in [2.05, 4.69) is 5.32 Å². The van der Waals surface area contributed by atoms with Gasteiger partial charge >= 0.3 is 6.09 Å². The summed E-state index contributed by atoms with van der Waals surface area (Å²) in [5, 5.41) is 11.8. The monoisotopic (exact) mass is 474 g/mol. The van der Waals surface area contributed by atoms with Crippen molar-refractivity contribution in [3.63, 3.8) is 0 Å². The first kappa shape index (κ1) is 24.1. The summed E-state index contributed by atoms with van der Waals surface area (Å²) < 4.78 is 78.5. The van der Waals surface area contributed by atoms with E-state index in [9.17, 15) is 36.6 Å². The van der Waals surface area contributed by atoms with E-state index < -0.39 is 58.6 Å². The Kier molecular flexibility index (Phi) is 6.65. The van der Waals surface area contributed by atoms with E-state index in [4.69, 9.17) is 9.47 Å². The van der Waals surface area contributed by atoms with Gasteiger partial charge in [-0.05, 0) is 25.0 Å². The lowest BCUT2D eigenvalue weighted by atomic mass is 9.85. The maximum absolute atomic E-state index is 14.0. The van der Waals surface area contributed by atoms with Gasteiger partial charge in [-0.3, -0.25) is 9.69 Å². The number of carbonyl (C=O) groups excluding carboxylic acids is 1. The Hall–Kier alpha value is -3.57. The normalized spacial score (nSPS) is 17.4. The van der Waals surface area contributed by atoms with Crippen LogP contribution in [0.2, 0.25) is 0 Å². The third-order valence-corrected chi connectivity index (χ3v) is 5.45. The van der Waals surface area contributed by atoms with Crippen LogP contribution in [0.15, 0.2) is 12.1 Å². The molecule has 0 aromatic heterocycles. The summed E-state index contributed by atoms with van der Waals surface area (Å²) in [6, 6.07) is 2.38. The Balaban J connectivity index is 1.97. The van der Waals surface area contributed by atoms with Crippen LogP contribution in [0.3, 0.4) is 0 Å². The highest BCUT2D eigenvalue weighted by Crippen LogP contribution is 2.44. The first-order valence-corrected chi connectivity index (χ1v) is 9.61. The van der Waals surface area contributed by atoms with Crippen LogP contribution in [0, 0.1) is 29.1 Å². The van der Waals surface area contributed by atoms with Crippen molar-refractivity contribution in [3.8, 4) is 11.5 Å². The van der Waals surface area contributed by atoms with Gasteiger partial charge in [-0.15, -0.1) is 0 Å². The number of fused-ring (bicyclic) bond motifs is 1. The molecule has 0 saturated heterocycles. The molecule has 2 N–H and O–H groups in total. The molecule has 2 unspecified atom stereocenters. The minimum Gasteiger partial charge on any atom is -0.493 e. The van der Waals surface area contributed by atoms with E-state index in [0.29, 0.717) is 5.56 Å². The van der Waals surface area contributed by atoms with Gasteiger partial charge in [0.2, 0.25) is 5.82 Å². The summed E-state index contributed by atoms with van der Waals surface area (Å²) in [6.45, 7) is 1.34. The molecular weight excluding hydrogens is 455 g/mol. The van der Waals surface area contributed by atoms with Gasteiger partial charge < -0.3 is 19.9 Å². The van der Waals surface area contributed by atoms with Crippen molar-refractivity contribution in [2.75, 3.05) is 25.7 Å². The van der Waals surface area contributed by atoms with Crippen LogP contribution >= 0.6 is 0 Å². The van der Waals surface area contributed by atoms with Crippen LogP contribution < -0.4 is 19.7 Å². The molecule has 2 amide bonds. The van der Waals surface area contributed by atoms with Crippen molar-refractivity contribution in [1.29, 1.82) is 0 Å². The minimum atomic E-state index is -2.37. The summed E-state index contributed by atoms with van der Waals surface area (Å²) in [5.41, 5.74) is -0.935. The minimum absolute atomic E-state index is 0.187. The van der Waals surface area contributed by atoms with Crippen molar-refractivity contribution in [2.45, 2.75) is 25.3 Å². The number of nitrogens with zero attached hydrogens (tertiary/aromatic N) is 1. The lowest BCUT2D eigenvalue weighted by Crippen LogP contribution is -2.44. The number of carboxylic acid groups (broad SMARTS) is 1. The summed E-state index contributed by atoms with van der Waals surface area (Å²) in [4.78, 5) is 25.2. The second-order valence-corrected chi connectivity index (χ2v) is 7.36. The van der Waals surface area contributed by atoms with Gasteiger partial charge in [-0.1, -0.05) is 0 Å². The van der Waals surface area contributed by atoms with Crippen LogP contribution in [0.5, 0.6) is 11.5 Å². The third kappa shape index (κ3) is 4.12. The smallest absolute Gasteiger partial charge is 0.412 e. The van der Waals surface area contributed by atoms with Crippen LogP contribution in [0.4, 0.5) is 32.4 Å². The molecule has 178 valence electrons. The molecular formula is C21H19F5N2O5. The molecule has 12 heteroatoms. The molecule has 0 bridgehead atoms. The highest BCUT2D eigenvalue weighted by atomic mass is 19.2. The predicted octanol–water partition coefficient (Wildman–Crippen LogP) is 4.19. The first-order chi connectivity index (χ1) is 15.5. The first-order valence-electron chi connectivity index (χ1n) is 9.61. The summed E-state index contributed by atoms with van der Waals surface area (Å²) in [6.07, 6.45) is -1.05. The zero-order valence-electron chi connectivity index (χ0n) is 17.6. The lowest BCUT2D eigenvalue weighted by Gasteiger charge is -2.38. The van der Waals surface area contributed by atoms with Gasteiger partial charge in [0.1, 0.15) is 5.56 Å². The van der Waals surface area contributed by atoms with Crippen molar-refractivity contribution >= 4 is 17.7 Å². The molecule has 1 aliphatic rings. The fraction of sp³-hybridized carbons (Fsp3) is 0.333. The van der Waals surface area contributed by atoms with Crippen molar-refractivity contribution < 1.29 is 46.1 Å². The lowest BCUT2D eigenvalue weighted by molar-refractivity contribution is 0.0938. The Bertz CT molecular complexity index is 1100. The number of ether oxygens (including phenoxy) is 2. The molecule has 0 fully saturated rings. The number of methoxy groups -OCH3 is 2. The molecule has 0 radical (unpaired) electrons. The molecule has 1 aliphatic heterocycles. The number of nitrogens with one attached hydrogen (secondary N) is 1. The molecule has 1 heterocycles. The molecule has 3 rings (SSSR count).